The molecule has 104 valence electrons. The summed E-state index contributed by atoms with van der Waals surface area (Å²) in [5.74, 6) is -0.189. The van der Waals surface area contributed by atoms with Crippen molar-refractivity contribution >= 4 is 15.7 Å². The maximum Gasteiger partial charge on any atom is 0.251 e. The van der Waals surface area contributed by atoms with E-state index in [4.69, 9.17) is 5.73 Å². The SMILES string of the molecule is CC1(NC(=O)c2ccnc(CN)c2)CCS(=O)(=O)C1. The first kappa shape index (κ1) is 14.0. The lowest BCUT2D eigenvalue weighted by atomic mass is 10.0. The maximum atomic E-state index is 12.1. The summed E-state index contributed by atoms with van der Waals surface area (Å²) in [5.41, 5.74) is 5.85. The Bertz CT molecular complexity index is 600. The Morgan fingerprint density at radius 2 is 2.32 bits per heavy atom. The molecule has 2 rings (SSSR count). The molecule has 1 unspecified atom stereocenters. The summed E-state index contributed by atoms with van der Waals surface area (Å²) in [5, 5.41) is 2.79. The zero-order valence-corrected chi connectivity index (χ0v) is 11.5. The predicted octanol–water partition coefficient (Wildman–Crippen LogP) is -0.153. The van der Waals surface area contributed by atoms with E-state index in [1.165, 1.54) is 6.20 Å². The number of nitrogens with zero attached hydrogens (tertiary/aromatic N) is 1. The summed E-state index contributed by atoms with van der Waals surface area (Å²) in [6.07, 6.45) is 1.96. The maximum absolute atomic E-state index is 12.1. The summed E-state index contributed by atoms with van der Waals surface area (Å²) in [6.45, 7) is 2.01. The number of hydrogen-bond donors (Lipinski definition) is 2. The highest BCUT2D eigenvalue weighted by Gasteiger charge is 2.39. The van der Waals surface area contributed by atoms with Gasteiger partial charge in [-0.15, -0.1) is 0 Å². The number of rotatable bonds is 3. The van der Waals surface area contributed by atoms with Gasteiger partial charge in [-0.1, -0.05) is 0 Å². The van der Waals surface area contributed by atoms with Crippen LogP contribution >= 0.6 is 0 Å². The third-order valence-electron chi connectivity index (χ3n) is 3.21. The molecule has 3 N–H and O–H groups in total. The van der Waals surface area contributed by atoms with Gasteiger partial charge in [0.15, 0.2) is 9.84 Å². The van der Waals surface area contributed by atoms with Crippen LogP contribution in [0.25, 0.3) is 0 Å². The second-order valence-corrected chi connectivity index (χ2v) is 7.28. The van der Waals surface area contributed by atoms with E-state index in [-0.39, 0.29) is 24.0 Å². The highest BCUT2D eigenvalue weighted by atomic mass is 32.2. The molecular weight excluding hydrogens is 266 g/mol. The van der Waals surface area contributed by atoms with E-state index in [0.717, 1.165) is 0 Å². The van der Waals surface area contributed by atoms with Gasteiger partial charge in [0.05, 0.1) is 22.7 Å². The van der Waals surface area contributed by atoms with Crippen LogP contribution in [0.3, 0.4) is 0 Å². The number of nitrogens with two attached hydrogens (primary N) is 1. The highest BCUT2D eigenvalue weighted by Crippen LogP contribution is 2.23. The summed E-state index contributed by atoms with van der Waals surface area (Å²) < 4.78 is 23.0. The van der Waals surface area contributed by atoms with Crippen LogP contribution in [0.5, 0.6) is 0 Å². The number of nitrogens with one attached hydrogen (secondary N) is 1. The lowest BCUT2D eigenvalue weighted by Crippen LogP contribution is -2.46. The van der Waals surface area contributed by atoms with Crippen LogP contribution in [0.15, 0.2) is 18.3 Å². The molecule has 1 aliphatic rings. The highest BCUT2D eigenvalue weighted by molar-refractivity contribution is 7.91. The standard InChI is InChI=1S/C12H17N3O3S/c1-12(3-5-19(17,18)8-12)15-11(16)9-2-4-14-10(6-9)7-13/h2,4,6H,3,5,7-8,13H2,1H3,(H,15,16). The molecule has 0 aliphatic carbocycles. The topological polar surface area (TPSA) is 102 Å². The second-order valence-electron chi connectivity index (χ2n) is 5.10. The van der Waals surface area contributed by atoms with Gasteiger partial charge in [-0.25, -0.2) is 8.42 Å². The van der Waals surface area contributed by atoms with Gasteiger partial charge in [-0.05, 0) is 25.5 Å². The van der Waals surface area contributed by atoms with Crippen molar-refractivity contribution in [1.29, 1.82) is 0 Å². The Kier molecular flexibility index (Phi) is 3.60. The number of pyridine rings is 1. The number of aromatic nitrogens is 1. The third kappa shape index (κ3) is 3.30. The Balaban J connectivity index is 2.13. The van der Waals surface area contributed by atoms with Crippen molar-refractivity contribution in [1.82, 2.24) is 10.3 Å². The van der Waals surface area contributed by atoms with Gasteiger partial charge in [-0.3, -0.25) is 9.78 Å². The van der Waals surface area contributed by atoms with Gasteiger partial charge in [-0.2, -0.15) is 0 Å². The minimum Gasteiger partial charge on any atom is -0.346 e. The fourth-order valence-electron chi connectivity index (χ4n) is 2.19. The molecular formula is C12H17N3O3S. The molecule has 2 heterocycles. The van der Waals surface area contributed by atoms with E-state index >= 15 is 0 Å². The summed E-state index contributed by atoms with van der Waals surface area (Å²) in [7, 11) is -3.04. The van der Waals surface area contributed by atoms with Gasteiger partial charge < -0.3 is 11.1 Å². The van der Waals surface area contributed by atoms with Crippen molar-refractivity contribution in [3.8, 4) is 0 Å². The van der Waals surface area contributed by atoms with Crippen LogP contribution in [-0.4, -0.2) is 36.4 Å². The number of carbonyl (C=O) groups excluding carboxylic acids is 1. The molecule has 0 radical (unpaired) electrons. The molecule has 1 aliphatic heterocycles. The molecule has 1 aromatic rings. The minimum absolute atomic E-state index is 0.0133. The lowest BCUT2D eigenvalue weighted by molar-refractivity contribution is 0.0915. The summed E-state index contributed by atoms with van der Waals surface area (Å²) in [4.78, 5) is 16.1. The summed E-state index contributed by atoms with van der Waals surface area (Å²) in [6, 6.07) is 3.20. The number of sulfone groups is 1. The van der Waals surface area contributed by atoms with E-state index in [1.54, 1.807) is 19.1 Å². The van der Waals surface area contributed by atoms with Crippen molar-refractivity contribution < 1.29 is 13.2 Å². The first-order valence-corrected chi connectivity index (χ1v) is 7.84. The van der Waals surface area contributed by atoms with E-state index < -0.39 is 15.4 Å². The Labute approximate surface area is 112 Å². The minimum atomic E-state index is -3.04. The van der Waals surface area contributed by atoms with Crippen LogP contribution in [-0.2, 0) is 16.4 Å². The fourth-order valence-corrected chi connectivity index (χ4v) is 4.28. The first-order valence-electron chi connectivity index (χ1n) is 6.01. The van der Waals surface area contributed by atoms with Crippen LogP contribution in [0.2, 0.25) is 0 Å². The second kappa shape index (κ2) is 4.90. The first-order chi connectivity index (χ1) is 8.84. The van der Waals surface area contributed by atoms with Gasteiger partial charge >= 0.3 is 0 Å². The van der Waals surface area contributed by atoms with Crippen LogP contribution < -0.4 is 11.1 Å². The molecule has 0 bridgehead atoms. The number of carbonyl (C=O) groups is 1. The average Bonchev–Trinajstić information content (AvgIpc) is 2.63. The normalized spacial score (nSPS) is 25.2. The molecule has 0 spiro atoms. The van der Waals surface area contributed by atoms with Gasteiger partial charge in [0.25, 0.3) is 5.91 Å². The zero-order valence-electron chi connectivity index (χ0n) is 10.7. The number of hydrogen-bond acceptors (Lipinski definition) is 5. The quantitative estimate of drug-likeness (QED) is 0.803. The summed E-state index contributed by atoms with van der Waals surface area (Å²) >= 11 is 0. The monoisotopic (exact) mass is 283 g/mol. The lowest BCUT2D eigenvalue weighted by Gasteiger charge is -2.23. The van der Waals surface area contributed by atoms with Crippen LogP contribution in [0.4, 0.5) is 0 Å². The molecule has 7 heteroatoms. The van der Waals surface area contributed by atoms with Gasteiger partial charge in [0.2, 0.25) is 0 Å². The molecule has 6 nitrogen and oxygen atoms in total. The molecule has 0 aromatic carbocycles. The van der Waals surface area contributed by atoms with Crippen molar-refractivity contribution in [3.63, 3.8) is 0 Å². The van der Waals surface area contributed by atoms with Crippen LogP contribution in [0, 0.1) is 0 Å². The average molecular weight is 283 g/mol. The van der Waals surface area contributed by atoms with E-state index in [2.05, 4.69) is 10.3 Å². The zero-order chi connectivity index (χ0) is 14.1. The molecule has 0 saturated carbocycles. The van der Waals surface area contributed by atoms with Crippen molar-refractivity contribution in [2.24, 2.45) is 5.73 Å². The molecule has 1 aromatic heterocycles. The third-order valence-corrected chi connectivity index (χ3v) is 5.11. The molecule has 19 heavy (non-hydrogen) atoms. The van der Waals surface area contributed by atoms with Crippen molar-refractivity contribution in [3.05, 3.63) is 29.6 Å². The Hall–Kier alpha value is -1.47. The van der Waals surface area contributed by atoms with E-state index in [9.17, 15) is 13.2 Å². The molecule has 1 amide bonds. The Morgan fingerprint density at radius 3 is 2.89 bits per heavy atom. The molecule has 1 atom stereocenters. The Morgan fingerprint density at radius 1 is 1.58 bits per heavy atom. The van der Waals surface area contributed by atoms with Crippen molar-refractivity contribution in [2.45, 2.75) is 25.4 Å². The van der Waals surface area contributed by atoms with E-state index in [0.29, 0.717) is 17.7 Å². The molecule has 1 fully saturated rings. The molecule has 1 saturated heterocycles. The van der Waals surface area contributed by atoms with E-state index in [1.807, 2.05) is 0 Å². The predicted molar refractivity (Wildman–Crippen MR) is 71.3 cm³/mol. The van der Waals surface area contributed by atoms with Gasteiger partial charge in [0.1, 0.15) is 0 Å². The number of amides is 1. The van der Waals surface area contributed by atoms with Crippen LogP contribution in [0.1, 0.15) is 29.4 Å². The fraction of sp³-hybridized carbons (Fsp3) is 0.500. The largest absolute Gasteiger partial charge is 0.346 e. The van der Waals surface area contributed by atoms with Crippen molar-refractivity contribution in [2.75, 3.05) is 11.5 Å². The van der Waals surface area contributed by atoms with Gasteiger partial charge in [0, 0.05) is 18.3 Å². The smallest absolute Gasteiger partial charge is 0.251 e.